The standard InChI is InChI=1S/C31H36BrF3N2O4/c1-18(2)21-15-22-23(16-24(21)32)29(3)10-6-11-30(4,28(39)40)26(29)17-25(22)37-41-13-7-12-36-27(38)19-8-5-9-20(14-19)31(33,34)35/h5,8-9,14-16,18,26H,6-7,10-13,17H2,1-4H3,(H,36,38)(H,39,40)/b37-25+/t26-,29-,30-/m1/s1. The molecule has 0 saturated heterocycles. The maximum Gasteiger partial charge on any atom is 0.416 e. The summed E-state index contributed by atoms with van der Waals surface area (Å²) in [6, 6.07) is 8.55. The molecule has 41 heavy (non-hydrogen) atoms. The quantitative estimate of drug-likeness (QED) is 0.230. The van der Waals surface area contributed by atoms with Crippen molar-refractivity contribution in [2.24, 2.45) is 16.5 Å². The number of nitrogens with zero attached hydrogens (tertiary/aromatic N) is 1. The van der Waals surface area contributed by atoms with Crippen LogP contribution in [-0.2, 0) is 21.2 Å². The fourth-order valence-corrected chi connectivity index (χ4v) is 7.24. The summed E-state index contributed by atoms with van der Waals surface area (Å²) in [7, 11) is 0. The van der Waals surface area contributed by atoms with Gasteiger partial charge in [0, 0.05) is 28.6 Å². The fourth-order valence-electron chi connectivity index (χ4n) is 6.44. The van der Waals surface area contributed by atoms with Gasteiger partial charge in [0.05, 0.1) is 16.7 Å². The zero-order chi connectivity index (χ0) is 30.2. The molecule has 0 spiro atoms. The number of carboxylic acid groups (broad SMARTS) is 1. The summed E-state index contributed by atoms with van der Waals surface area (Å²) < 4.78 is 39.9. The van der Waals surface area contributed by atoms with Crippen LogP contribution < -0.4 is 5.32 Å². The highest BCUT2D eigenvalue weighted by molar-refractivity contribution is 9.10. The molecule has 222 valence electrons. The maximum atomic E-state index is 13.0. The Bertz CT molecular complexity index is 1360. The molecule has 0 unspecified atom stereocenters. The van der Waals surface area contributed by atoms with Crippen molar-refractivity contribution in [2.75, 3.05) is 13.2 Å². The van der Waals surface area contributed by atoms with Gasteiger partial charge in [-0.25, -0.2) is 0 Å². The van der Waals surface area contributed by atoms with Crippen molar-refractivity contribution in [3.05, 3.63) is 68.7 Å². The number of benzene rings is 2. The summed E-state index contributed by atoms with van der Waals surface area (Å²) in [5, 5.41) is 17.3. The Morgan fingerprint density at radius 3 is 2.59 bits per heavy atom. The summed E-state index contributed by atoms with van der Waals surface area (Å²) in [6.45, 7) is 8.60. The molecule has 1 amide bonds. The number of oxime groups is 1. The van der Waals surface area contributed by atoms with Crippen molar-refractivity contribution in [2.45, 2.75) is 77.3 Å². The first-order valence-electron chi connectivity index (χ1n) is 13.9. The van der Waals surface area contributed by atoms with Crippen LogP contribution in [0.1, 0.15) is 98.3 Å². The molecule has 0 radical (unpaired) electrons. The number of aliphatic carboxylic acids is 1. The summed E-state index contributed by atoms with van der Waals surface area (Å²) in [5.74, 6) is -1.30. The van der Waals surface area contributed by atoms with Crippen LogP contribution in [0.25, 0.3) is 0 Å². The highest BCUT2D eigenvalue weighted by Gasteiger charge is 2.56. The number of fused-ring (bicyclic) bond motifs is 3. The van der Waals surface area contributed by atoms with Crippen molar-refractivity contribution in [3.8, 4) is 0 Å². The van der Waals surface area contributed by atoms with Gasteiger partial charge in [-0.2, -0.15) is 13.2 Å². The average molecular weight is 638 g/mol. The van der Waals surface area contributed by atoms with Crippen LogP contribution in [0.5, 0.6) is 0 Å². The number of nitrogens with one attached hydrogen (secondary N) is 1. The summed E-state index contributed by atoms with van der Waals surface area (Å²) in [5.41, 5.74) is 1.72. The topological polar surface area (TPSA) is 88.0 Å². The number of carboxylic acids is 1. The van der Waals surface area contributed by atoms with Crippen LogP contribution in [0.15, 0.2) is 46.0 Å². The molecule has 2 aliphatic carbocycles. The van der Waals surface area contributed by atoms with Crippen LogP contribution in [0.3, 0.4) is 0 Å². The number of hydrogen-bond acceptors (Lipinski definition) is 4. The largest absolute Gasteiger partial charge is 0.481 e. The monoisotopic (exact) mass is 636 g/mol. The lowest BCUT2D eigenvalue weighted by molar-refractivity contribution is -0.156. The Kier molecular flexibility index (Phi) is 8.92. The van der Waals surface area contributed by atoms with E-state index in [2.05, 4.69) is 59.3 Å². The van der Waals surface area contributed by atoms with Crippen molar-refractivity contribution in [1.82, 2.24) is 5.32 Å². The van der Waals surface area contributed by atoms with Gasteiger partial charge in [-0.15, -0.1) is 0 Å². The van der Waals surface area contributed by atoms with Gasteiger partial charge in [0.2, 0.25) is 0 Å². The first-order chi connectivity index (χ1) is 19.2. The molecule has 6 nitrogen and oxygen atoms in total. The van der Waals surface area contributed by atoms with Gasteiger partial charge in [0.25, 0.3) is 5.91 Å². The predicted molar refractivity (Wildman–Crippen MR) is 154 cm³/mol. The Morgan fingerprint density at radius 1 is 1.20 bits per heavy atom. The minimum Gasteiger partial charge on any atom is -0.481 e. The van der Waals surface area contributed by atoms with Crippen molar-refractivity contribution in [3.63, 3.8) is 0 Å². The highest BCUT2D eigenvalue weighted by Crippen LogP contribution is 2.58. The van der Waals surface area contributed by atoms with E-state index in [1.54, 1.807) is 0 Å². The van der Waals surface area contributed by atoms with Gasteiger partial charge in [0.15, 0.2) is 0 Å². The van der Waals surface area contributed by atoms with E-state index in [9.17, 15) is 27.9 Å². The second kappa shape index (κ2) is 11.8. The Balaban J connectivity index is 1.50. The first-order valence-corrected chi connectivity index (χ1v) is 14.7. The van der Waals surface area contributed by atoms with Gasteiger partial charge in [0.1, 0.15) is 6.61 Å². The molecular weight excluding hydrogens is 601 g/mol. The number of hydrogen-bond donors (Lipinski definition) is 2. The third kappa shape index (κ3) is 6.17. The lowest BCUT2D eigenvalue weighted by Gasteiger charge is -2.53. The molecule has 2 aromatic carbocycles. The molecule has 2 N–H and O–H groups in total. The summed E-state index contributed by atoms with van der Waals surface area (Å²) in [4.78, 5) is 30.5. The van der Waals surface area contributed by atoms with Crippen LogP contribution in [-0.4, -0.2) is 35.8 Å². The minimum absolute atomic E-state index is 0.0658. The average Bonchev–Trinajstić information content (AvgIpc) is 2.90. The van der Waals surface area contributed by atoms with Crippen LogP contribution in [0, 0.1) is 11.3 Å². The molecule has 1 saturated carbocycles. The Labute approximate surface area is 246 Å². The lowest BCUT2D eigenvalue weighted by Crippen LogP contribution is -2.53. The molecule has 0 bridgehead atoms. The van der Waals surface area contributed by atoms with E-state index >= 15 is 0 Å². The summed E-state index contributed by atoms with van der Waals surface area (Å²) in [6.07, 6.45) is -1.35. The third-order valence-corrected chi connectivity index (χ3v) is 9.51. The van der Waals surface area contributed by atoms with Crippen molar-refractivity contribution >= 4 is 33.5 Å². The smallest absolute Gasteiger partial charge is 0.416 e. The molecule has 1 fully saturated rings. The Hall–Kier alpha value is -2.88. The minimum atomic E-state index is -4.52. The molecule has 3 atom stereocenters. The number of carbonyl (C=O) groups excluding carboxylic acids is 1. The van der Waals surface area contributed by atoms with E-state index in [0.29, 0.717) is 25.0 Å². The number of halogens is 4. The van der Waals surface area contributed by atoms with E-state index in [4.69, 9.17) is 4.84 Å². The molecular formula is C31H36BrF3N2O4. The van der Waals surface area contributed by atoms with Crippen molar-refractivity contribution < 1.29 is 32.7 Å². The van der Waals surface area contributed by atoms with Gasteiger partial charge < -0.3 is 15.3 Å². The van der Waals surface area contributed by atoms with E-state index in [0.717, 1.165) is 46.1 Å². The predicted octanol–water partition coefficient (Wildman–Crippen LogP) is 7.68. The normalized spacial score (nSPS) is 25.0. The second-order valence-corrected chi connectivity index (χ2v) is 12.7. The van der Waals surface area contributed by atoms with Gasteiger partial charge in [-0.3, -0.25) is 9.59 Å². The van der Waals surface area contributed by atoms with Gasteiger partial charge >= 0.3 is 12.1 Å². The van der Waals surface area contributed by atoms with E-state index in [1.165, 1.54) is 12.1 Å². The Morgan fingerprint density at radius 2 is 1.93 bits per heavy atom. The van der Waals surface area contributed by atoms with Crippen molar-refractivity contribution in [1.29, 1.82) is 0 Å². The zero-order valence-electron chi connectivity index (χ0n) is 23.7. The number of rotatable bonds is 8. The number of carbonyl (C=O) groups is 2. The number of alkyl halides is 3. The molecule has 2 aliphatic rings. The van der Waals surface area contributed by atoms with E-state index in [-0.39, 0.29) is 36.0 Å². The molecule has 0 aliphatic heterocycles. The fraction of sp³-hybridized carbons (Fsp3) is 0.516. The third-order valence-electron chi connectivity index (χ3n) is 8.83. The SMILES string of the molecule is CC(C)c1cc2c(cc1Br)[C@@]1(C)CCC[C@@](C)(C(=O)O)[C@@H]1C/C2=N\OCCCNC(=O)c1cccc(C(F)(F)F)c1. The molecule has 4 rings (SSSR count). The highest BCUT2D eigenvalue weighted by atomic mass is 79.9. The molecule has 10 heteroatoms. The zero-order valence-corrected chi connectivity index (χ0v) is 25.3. The van der Waals surface area contributed by atoms with Crippen LogP contribution in [0.2, 0.25) is 0 Å². The molecule has 0 heterocycles. The second-order valence-electron chi connectivity index (χ2n) is 11.9. The molecule has 0 aromatic heterocycles. The maximum absolute atomic E-state index is 13.0. The van der Waals surface area contributed by atoms with E-state index < -0.39 is 29.0 Å². The summed E-state index contributed by atoms with van der Waals surface area (Å²) >= 11 is 3.74. The van der Waals surface area contributed by atoms with Crippen LogP contribution in [0.4, 0.5) is 13.2 Å². The van der Waals surface area contributed by atoms with Crippen LogP contribution >= 0.6 is 15.9 Å². The lowest BCUT2D eigenvalue weighted by atomic mass is 9.49. The number of amides is 1. The van der Waals surface area contributed by atoms with E-state index in [1.807, 2.05) is 6.92 Å². The van der Waals surface area contributed by atoms with Gasteiger partial charge in [-0.05, 0) is 84.9 Å². The molecule has 2 aromatic rings. The first kappa shape index (κ1) is 31.1. The van der Waals surface area contributed by atoms with Gasteiger partial charge in [-0.1, -0.05) is 54.3 Å².